The highest BCUT2D eigenvalue weighted by atomic mass is 79.9. The topological polar surface area (TPSA) is 84.6 Å². The number of carbonyl (C=O) groups is 3. The highest BCUT2D eigenvalue weighted by molar-refractivity contribution is 9.10. The van der Waals surface area contributed by atoms with Crippen molar-refractivity contribution in [2.24, 2.45) is 0 Å². The summed E-state index contributed by atoms with van der Waals surface area (Å²) in [5.41, 5.74) is 5.69. The maximum Gasteiger partial charge on any atom is 0.331 e. The standard InChI is InChI=1S/C24H22BrN3O4/c1-13-8-18(9-14(2)21(13)25)28-15(3)10-17(16(28)4)11-20-22(29)26-24(31)27(23(20)30)12-19-6-5-7-32-19/h5-11H,12H2,1-4H3,(H,26,29,31). The number of benzene rings is 1. The fraction of sp³-hybridized carbons (Fsp3) is 0.208. The number of nitrogens with one attached hydrogen (secondary N) is 1. The zero-order valence-electron chi connectivity index (χ0n) is 18.2. The normalized spacial score (nSPS) is 15.6. The minimum atomic E-state index is -0.764. The van der Waals surface area contributed by atoms with E-state index >= 15 is 0 Å². The van der Waals surface area contributed by atoms with Crippen LogP contribution in [0.25, 0.3) is 11.8 Å². The van der Waals surface area contributed by atoms with E-state index in [0.717, 1.165) is 43.1 Å². The van der Waals surface area contributed by atoms with Crippen LogP contribution in [0.15, 0.2) is 51.1 Å². The molecule has 1 aliphatic heterocycles. The predicted molar refractivity (Wildman–Crippen MR) is 123 cm³/mol. The van der Waals surface area contributed by atoms with Crippen LogP contribution in [0.1, 0.15) is 33.8 Å². The summed E-state index contributed by atoms with van der Waals surface area (Å²) in [4.78, 5) is 38.7. The summed E-state index contributed by atoms with van der Waals surface area (Å²) in [7, 11) is 0. The Morgan fingerprint density at radius 2 is 1.75 bits per heavy atom. The predicted octanol–water partition coefficient (Wildman–Crippen LogP) is 4.73. The van der Waals surface area contributed by atoms with Crippen LogP contribution in [-0.2, 0) is 16.1 Å². The minimum absolute atomic E-state index is 0.0568. The number of hydrogen-bond acceptors (Lipinski definition) is 4. The molecular formula is C24H22BrN3O4. The first kappa shape index (κ1) is 21.8. The summed E-state index contributed by atoms with van der Waals surface area (Å²) in [5, 5.41) is 2.24. The fourth-order valence-electron chi connectivity index (χ4n) is 3.93. The van der Waals surface area contributed by atoms with Crippen molar-refractivity contribution in [1.82, 2.24) is 14.8 Å². The van der Waals surface area contributed by atoms with Gasteiger partial charge in [-0.2, -0.15) is 0 Å². The van der Waals surface area contributed by atoms with Crippen molar-refractivity contribution in [3.05, 3.63) is 80.5 Å². The largest absolute Gasteiger partial charge is 0.467 e. The lowest BCUT2D eigenvalue weighted by Gasteiger charge is -2.25. The number of nitrogens with zero attached hydrogens (tertiary/aromatic N) is 2. The molecule has 1 aromatic carbocycles. The van der Waals surface area contributed by atoms with Gasteiger partial charge in [0.25, 0.3) is 11.8 Å². The molecule has 0 aliphatic carbocycles. The molecule has 0 spiro atoms. The van der Waals surface area contributed by atoms with Crippen LogP contribution in [-0.4, -0.2) is 27.3 Å². The number of furan rings is 1. The molecule has 0 radical (unpaired) electrons. The average Bonchev–Trinajstić information content (AvgIpc) is 3.34. The molecule has 164 valence electrons. The molecule has 1 aliphatic rings. The van der Waals surface area contributed by atoms with Crippen LogP contribution in [0.5, 0.6) is 0 Å². The van der Waals surface area contributed by atoms with Crippen LogP contribution < -0.4 is 5.32 Å². The van der Waals surface area contributed by atoms with Gasteiger partial charge in [-0.3, -0.25) is 19.8 Å². The quantitative estimate of drug-likeness (QED) is 0.418. The van der Waals surface area contributed by atoms with E-state index in [1.807, 2.05) is 33.8 Å². The van der Waals surface area contributed by atoms with Gasteiger partial charge in [0.1, 0.15) is 11.3 Å². The lowest BCUT2D eigenvalue weighted by atomic mass is 10.1. The number of aryl methyl sites for hydroxylation is 3. The van der Waals surface area contributed by atoms with E-state index in [1.165, 1.54) is 12.3 Å². The van der Waals surface area contributed by atoms with Gasteiger partial charge in [-0.1, -0.05) is 15.9 Å². The number of amides is 4. The van der Waals surface area contributed by atoms with Crippen molar-refractivity contribution in [3.63, 3.8) is 0 Å². The molecule has 1 saturated heterocycles. The Kier molecular flexibility index (Phi) is 5.64. The number of aromatic nitrogens is 1. The van der Waals surface area contributed by atoms with Crippen LogP contribution in [0.2, 0.25) is 0 Å². The molecule has 3 heterocycles. The number of urea groups is 1. The molecular weight excluding hydrogens is 474 g/mol. The summed E-state index contributed by atoms with van der Waals surface area (Å²) >= 11 is 3.60. The van der Waals surface area contributed by atoms with Gasteiger partial charge in [0.2, 0.25) is 0 Å². The summed E-state index contributed by atoms with van der Waals surface area (Å²) in [6.45, 7) is 7.92. The Labute approximate surface area is 193 Å². The summed E-state index contributed by atoms with van der Waals surface area (Å²) in [6, 6.07) is 8.65. The Morgan fingerprint density at radius 1 is 1.06 bits per heavy atom. The Morgan fingerprint density at radius 3 is 2.38 bits per heavy atom. The van der Waals surface area contributed by atoms with Gasteiger partial charge in [0.15, 0.2) is 0 Å². The van der Waals surface area contributed by atoms with Crippen molar-refractivity contribution in [2.45, 2.75) is 34.2 Å². The third kappa shape index (κ3) is 3.82. The molecule has 4 rings (SSSR count). The van der Waals surface area contributed by atoms with Gasteiger partial charge in [-0.25, -0.2) is 4.79 Å². The van der Waals surface area contributed by atoms with E-state index in [4.69, 9.17) is 4.42 Å². The van der Waals surface area contributed by atoms with Gasteiger partial charge >= 0.3 is 6.03 Å². The van der Waals surface area contributed by atoms with E-state index in [1.54, 1.807) is 12.1 Å². The van der Waals surface area contributed by atoms with Gasteiger partial charge in [-0.15, -0.1) is 0 Å². The SMILES string of the molecule is Cc1cc(-n2c(C)cc(C=C3C(=O)NC(=O)N(Cc4ccco4)C3=O)c2C)cc(C)c1Br. The second kappa shape index (κ2) is 8.27. The maximum absolute atomic E-state index is 13.0. The van der Waals surface area contributed by atoms with Crippen LogP contribution >= 0.6 is 15.9 Å². The summed E-state index contributed by atoms with van der Waals surface area (Å²) < 4.78 is 8.39. The van der Waals surface area contributed by atoms with Crippen LogP contribution in [0.4, 0.5) is 4.79 Å². The molecule has 7 nitrogen and oxygen atoms in total. The third-order valence-electron chi connectivity index (χ3n) is 5.53. The Balaban J connectivity index is 1.73. The lowest BCUT2D eigenvalue weighted by Crippen LogP contribution is -2.53. The first-order valence-electron chi connectivity index (χ1n) is 10.0. The van der Waals surface area contributed by atoms with Crippen molar-refractivity contribution < 1.29 is 18.8 Å². The Bertz CT molecular complexity index is 1260. The highest BCUT2D eigenvalue weighted by Crippen LogP contribution is 2.29. The zero-order valence-corrected chi connectivity index (χ0v) is 19.7. The van der Waals surface area contributed by atoms with Gasteiger partial charge in [0.05, 0.1) is 12.8 Å². The monoisotopic (exact) mass is 495 g/mol. The second-order valence-corrected chi connectivity index (χ2v) is 8.64. The van der Waals surface area contributed by atoms with Crippen molar-refractivity contribution in [1.29, 1.82) is 0 Å². The molecule has 0 saturated carbocycles. The Hall–Kier alpha value is -3.39. The maximum atomic E-state index is 13.0. The molecule has 3 aromatic rings. The summed E-state index contributed by atoms with van der Waals surface area (Å²) in [6.07, 6.45) is 3.00. The molecule has 0 bridgehead atoms. The number of hydrogen-bond donors (Lipinski definition) is 1. The van der Waals surface area contributed by atoms with Crippen LogP contribution in [0.3, 0.4) is 0 Å². The molecule has 4 amide bonds. The second-order valence-electron chi connectivity index (χ2n) is 7.84. The molecule has 32 heavy (non-hydrogen) atoms. The average molecular weight is 496 g/mol. The third-order valence-corrected chi connectivity index (χ3v) is 6.78. The molecule has 0 atom stereocenters. The first-order valence-corrected chi connectivity index (χ1v) is 10.8. The number of rotatable bonds is 4. The lowest BCUT2D eigenvalue weighted by molar-refractivity contribution is -0.130. The molecule has 0 unspecified atom stereocenters. The minimum Gasteiger partial charge on any atom is -0.467 e. The van der Waals surface area contributed by atoms with E-state index in [2.05, 4.69) is 37.9 Å². The van der Waals surface area contributed by atoms with E-state index in [0.29, 0.717) is 5.76 Å². The molecule has 8 heteroatoms. The smallest absolute Gasteiger partial charge is 0.331 e. The van der Waals surface area contributed by atoms with E-state index in [9.17, 15) is 14.4 Å². The van der Waals surface area contributed by atoms with Crippen LogP contribution in [0, 0.1) is 27.7 Å². The molecule has 1 N–H and O–H groups in total. The molecule has 2 aromatic heterocycles. The highest BCUT2D eigenvalue weighted by Gasteiger charge is 2.36. The van der Waals surface area contributed by atoms with Gasteiger partial charge < -0.3 is 8.98 Å². The van der Waals surface area contributed by atoms with Crippen molar-refractivity contribution in [3.8, 4) is 5.69 Å². The summed E-state index contributed by atoms with van der Waals surface area (Å²) in [5.74, 6) is -0.924. The zero-order chi connectivity index (χ0) is 23.2. The van der Waals surface area contributed by atoms with E-state index < -0.39 is 17.8 Å². The van der Waals surface area contributed by atoms with Gasteiger partial charge in [-0.05, 0) is 80.8 Å². The number of halogens is 1. The number of imide groups is 2. The van der Waals surface area contributed by atoms with Crippen molar-refractivity contribution >= 4 is 39.9 Å². The van der Waals surface area contributed by atoms with E-state index in [-0.39, 0.29) is 12.1 Å². The fourth-order valence-corrected chi connectivity index (χ4v) is 4.16. The number of barbiturate groups is 1. The molecule has 1 fully saturated rings. The van der Waals surface area contributed by atoms with Crippen molar-refractivity contribution in [2.75, 3.05) is 0 Å². The van der Waals surface area contributed by atoms with Gasteiger partial charge in [0, 0.05) is 21.5 Å². The first-order chi connectivity index (χ1) is 15.2. The number of carbonyl (C=O) groups excluding carboxylic acids is 3.